The summed E-state index contributed by atoms with van der Waals surface area (Å²) in [5.74, 6) is 0.0192. The molecule has 0 bridgehead atoms. The summed E-state index contributed by atoms with van der Waals surface area (Å²) in [5, 5.41) is 0. The first-order valence-corrected chi connectivity index (χ1v) is 5.97. The highest BCUT2D eigenvalue weighted by atomic mass is 16.5. The molecule has 1 aliphatic heterocycles. The molecule has 7 nitrogen and oxygen atoms in total. The van der Waals surface area contributed by atoms with Crippen molar-refractivity contribution in [3.8, 4) is 0 Å². The smallest absolute Gasteiger partial charge is 0.343 e. The molecule has 0 amide bonds. The van der Waals surface area contributed by atoms with Gasteiger partial charge in [-0.25, -0.2) is 14.8 Å². The predicted molar refractivity (Wildman–Crippen MR) is 66.5 cm³/mol. The van der Waals surface area contributed by atoms with Crippen LogP contribution in [0.5, 0.6) is 0 Å². The molecule has 7 heteroatoms. The zero-order chi connectivity index (χ0) is 13.9. The van der Waals surface area contributed by atoms with Gasteiger partial charge in [0.25, 0.3) is 0 Å². The summed E-state index contributed by atoms with van der Waals surface area (Å²) < 4.78 is 15.5. The topological polar surface area (TPSA) is 96.6 Å². The van der Waals surface area contributed by atoms with Crippen molar-refractivity contribution in [2.75, 3.05) is 33.2 Å². The molecule has 0 radical (unpaired) electrons. The standard InChI is InChI=1S/C12H17N3O4/c1-17-10(16)8-7-14-11(15-9(8)13)12(18-2)3-5-19-6-4-12/h7H,3-6H2,1-2H3,(H2,13,14,15). The van der Waals surface area contributed by atoms with Gasteiger partial charge in [0.05, 0.1) is 7.11 Å². The summed E-state index contributed by atoms with van der Waals surface area (Å²) in [4.78, 5) is 19.8. The fourth-order valence-electron chi connectivity index (χ4n) is 2.10. The van der Waals surface area contributed by atoms with E-state index in [9.17, 15) is 4.79 Å². The molecule has 2 heterocycles. The van der Waals surface area contributed by atoms with E-state index in [0.717, 1.165) is 0 Å². The molecule has 1 saturated heterocycles. The van der Waals surface area contributed by atoms with E-state index in [0.29, 0.717) is 31.9 Å². The molecule has 104 valence electrons. The first kappa shape index (κ1) is 13.7. The minimum Gasteiger partial charge on any atom is -0.465 e. The molecule has 0 saturated carbocycles. The van der Waals surface area contributed by atoms with E-state index in [2.05, 4.69) is 14.7 Å². The van der Waals surface area contributed by atoms with Crippen LogP contribution in [0.1, 0.15) is 29.0 Å². The summed E-state index contributed by atoms with van der Waals surface area (Å²) >= 11 is 0. The highest BCUT2D eigenvalue weighted by Crippen LogP contribution is 2.33. The van der Waals surface area contributed by atoms with Crippen LogP contribution >= 0.6 is 0 Å². The Kier molecular flexibility index (Phi) is 3.96. The molecule has 1 aliphatic rings. The second-order valence-corrected chi connectivity index (χ2v) is 4.29. The van der Waals surface area contributed by atoms with Gasteiger partial charge < -0.3 is 19.9 Å². The Morgan fingerprint density at radius 3 is 2.63 bits per heavy atom. The maximum atomic E-state index is 11.4. The van der Waals surface area contributed by atoms with Gasteiger partial charge in [0.1, 0.15) is 17.0 Å². The number of hydrogen-bond donors (Lipinski definition) is 1. The zero-order valence-corrected chi connectivity index (χ0v) is 11.0. The number of nitrogens with two attached hydrogens (primary N) is 1. The van der Waals surface area contributed by atoms with E-state index in [4.69, 9.17) is 15.2 Å². The maximum Gasteiger partial charge on any atom is 0.343 e. The second kappa shape index (κ2) is 5.50. The first-order chi connectivity index (χ1) is 9.13. The lowest BCUT2D eigenvalue weighted by Gasteiger charge is -2.34. The first-order valence-electron chi connectivity index (χ1n) is 5.97. The Morgan fingerprint density at radius 2 is 2.11 bits per heavy atom. The Morgan fingerprint density at radius 1 is 1.42 bits per heavy atom. The minimum absolute atomic E-state index is 0.0970. The number of nitrogens with zero attached hydrogens (tertiary/aromatic N) is 2. The SMILES string of the molecule is COC(=O)c1cnc(C2(OC)CCOCC2)nc1N. The average molecular weight is 267 g/mol. The lowest BCUT2D eigenvalue weighted by molar-refractivity contribution is -0.0999. The van der Waals surface area contributed by atoms with Crippen molar-refractivity contribution in [1.82, 2.24) is 9.97 Å². The van der Waals surface area contributed by atoms with E-state index < -0.39 is 11.6 Å². The van der Waals surface area contributed by atoms with Gasteiger partial charge in [-0.05, 0) is 0 Å². The molecule has 0 spiro atoms. The monoisotopic (exact) mass is 267 g/mol. The number of anilines is 1. The lowest BCUT2D eigenvalue weighted by atomic mass is 9.93. The van der Waals surface area contributed by atoms with Crippen molar-refractivity contribution in [1.29, 1.82) is 0 Å². The molecule has 19 heavy (non-hydrogen) atoms. The largest absolute Gasteiger partial charge is 0.465 e. The molecule has 2 rings (SSSR count). The number of rotatable bonds is 3. The number of hydrogen-bond acceptors (Lipinski definition) is 7. The van der Waals surface area contributed by atoms with Crippen LogP contribution in [0, 0.1) is 0 Å². The van der Waals surface area contributed by atoms with Gasteiger partial charge in [-0.2, -0.15) is 0 Å². The van der Waals surface area contributed by atoms with Crippen molar-refractivity contribution in [3.63, 3.8) is 0 Å². The Hall–Kier alpha value is -1.73. The minimum atomic E-state index is -0.596. The number of carbonyl (C=O) groups is 1. The fraction of sp³-hybridized carbons (Fsp3) is 0.583. The van der Waals surface area contributed by atoms with E-state index >= 15 is 0 Å². The third kappa shape index (κ3) is 2.52. The van der Waals surface area contributed by atoms with Gasteiger partial charge in [-0.3, -0.25) is 0 Å². The maximum absolute atomic E-state index is 11.4. The molecule has 2 N–H and O–H groups in total. The van der Waals surface area contributed by atoms with Crippen LogP contribution in [0.4, 0.5) is 5.82 Å². The molecule has 0 aromatic carbocycles. The number of ether oxygens (including phenoxy) is 3. The lowest BCUT2D eigenvalue weighted by Crippen LogP contribution is -2.37. The summed E-state index contributed by atoms with van der Waals surface area (Å²) in [7, 11) is 2.89. The molecule has 1 fully saturated rings. The molecule has 0 atom stereocenters. The van der Waals surface area contributed by atoms with Gasteiger partial charge >= 0.3 is 5.97 Å². The quantitative estimate of drug-likeness (QED) is 0.796. The molecule has 1 aromatic rings. The molecular formula is C12H17N3O4. The fourth-order valence-corrected chi connectivity index (χ4v) is 2.10. The van der Waals surface area contributed by atoms with Crippen LogP contribution in [0.3, 0.4) is 0 Å². The number of nitrogen functional groups attached to an aromatic ring is 1. The van der Waals surface area contributed by atoms with Gasteiger partial charge in [-0.1, -0.05) is 0 Å². The van der Waals surface area contributed by atoms with Gasteiger partial charge in [0.15, 0.2) is 5.82 Å². The zero-order valence-electron chi connectivity index (χ0n) is 11.0. The predicted octanol–water partition coefficient (Wildman–Crippen LogP) is 0.497. The molecule has 0 aliphatic carbocycles. The van der Waals surface area contributed by atoms with Crippen LogP contribution in [0.2, 0.25) is 0 Å². The van der Waals surface area contributed by atoms with Crippen LogP contribution in [0.25, 0.3) is 0 Å². The van der Waals surface area contributed by atoms with Crippen molar-refractivity contribution < 1.29 is 19.0 Å². The highest BCUT2D eigenvalue weighted by Gasteiger charge is 2.37. The number of esters is 1. The third-order valence-electron chi connectivity index (χ3n) is 3.32. The average Bonchev–Trinajstić information content (AvgIpc) is 2.47. The van der Waals surface area contributed by atoms with Crippen molar-refractivity contribution in [2.45, 2.75) is 18.4 Å². The summed E-state index contributed by atoms with van der Waals surface area (Å²) in [6, 6.07) is 0. The highest BCUT2D eigenvalue weighted by molar-refractivity contribution is 5.93. The second-order valence-electron chi connectivity index (χ2n) is 4.29. The van der Waals surface area contributed by atoms with E-state index in [1.165, 1.54) is 13.3 Å². The van der Waals surface area contributed by atoms with Gasteiger partial charge in [-0.15, -0.1) is 0 Å². The van der Waals surface area contributed by atoms with Crippen LogP contribution in [-0.4, -0.2) is 43.4 Å². The van der Waals surface area contributed by atoms with Gasteiger partial charge in [0.2, 0.25) is 0 Å². The molecule has 0 unspecified atom stereocenters. The van der Waals surface area contributed by atoms with E-state index in [1.807, 2.05) is 0 Å². The van der Waals surface area contributed by atoms with Crippen LogP contribution in [0.15, 0.2) is 6.20 Å². The number of carbonyl (C=O) groups excluding carboxylic acids is 1. The third-order valence-corrected chi connectivity index (χ3v) is 3.32. The Bertz CT molecular complexity index is 472. The van der Waals surface area contributed by atoms with Crippen molar-refractivity contribution in [3.05, 3.63) is 17.6 Å². The van der Waals surface area contributed by atoms with E-state index in [-0.39, 0.29) is 11.4 Å². The summed E-state index contributed by atoms with van der Waals surface area (Å²) in [6.45, 7) is 1.16. The van der Waals surface area contributed by atoms with Crippen molar-refractivity contribution in [2.24, 2.45) is 0 Å². The summed E-state index contributed by atoms with van der Waals surface area (Å²) in [6.07, 6.45) is 2.68. The van der Waals surface area contributed by atoms with Gasteiger partial charge in [0, 0.05) is 39.4 Å². The normalized spacial score (nSPS) is 18.0. The number of methoxy groups -OCH3 is 2. The molecule has 1 aromatic heterocycles. The Balaban J connectivity index is 2.35. The van der Waals surface area contributed by atoms with Crippen molar-refractivity contribution >= 4 is 11.8 Å². The molecular weight excluding hydrogens is 250 g/mol. The Labute approximate surface area is 111 Å². The van der Waals surface area contributed by atoms with Crippen LogP contribution < -0.4 is 5.73 Å². The summed E-state index contributed by atoms with van der Waals surface area (Å²) in [5.41, 5.74) is 5.34. The van der Waals surface area contributed by atoms with Crippen LogP contribution in [-0.2, 0) is 19.8 Å². The number of aromatic nitrogens is 2. The van der Waals surface area contributed by atoms with E-state index in [1.54, 1.807) is 7.11 Å².